The maximum Gasteiger partial charge on any atom is 0.310 e. The van der Waals surface area contributed by atoms with Crippen molar-refractivity contribution in [2.45, 2.75) is 94.4 Å². The summed E-state index contributed by atoms with van der Waals surface area (Å²) in [4.78, 5) is 39.2. The third-order valence-electron chi connectivity index (χ3n) is 5.39. The minimum absolute atomic E-state index is 0.0276. The number of ether oxygens (including phenoxy) is 1. The van der Waals surface area contributed by atoms with Gasteiger partial charge in [-0.2, -0.15) is 0 Å². The van der Waals surface area contributed by atoms with Crippen molar-refractivity contribution >= 4 is 17.5 Å². The molecule has 180 valence electrons. The maximum atomic E-state index is 13.8. The predicted molar refractivity (Wildman–Crippen MR) is 128 cm³/mol. The lowest BCUT2D eigenvalue weighted by atomic mass is 9.79. The fraction of sp³-hybridized carbons (Fsp3) is 0.667. The van der Waals surface area contributed by atoms with Crippen molar-refractivity contribution in [2.24, 2.45) is 23.7 Å². The van der Waals surface area contributed by atoms with Gasteiger partial charge in [0, 0.05) is 17.9 Å². The van der Waals surface area contributed by atoms with Crippen LogP contribution in [0.25, 0.3) is 0 Å². The molecule has 0 amide bonds. The van der Waals surface area contributed by atoms with E-state index < -0.39 is 11.9 Å². The molecule has 0 heterocycles. The Morgan fingerprint density at radius 1 is 0.906 bits per heavy atom. The summed E-state index contributed by atoms with van der Waals surface area (Å²) in [5.41, 5.74) is 1.38. The molecule has 0 spiro atoms. The van der Waals surface area contributed by atoms with E-state index in [9.17, 15) is 19.5 Å². The first kappa shape index (κ1) is 27.9. The highest BCUT2D eigenvalue weighted by Crippen LogP contribution is 2.39. The number of esters is 1. The van der Waals surface area contributed by atoms with Crippen LogP contribution in [0.2, 0.25) is 0 Å². The van der Waals surface area contributed by atoms with E-state index >= 15 is 0 Å². The minimum Gasteiger partial charge on any atom is -0.506 e. The number of hydrogen-bond acceptors (Lipinski definition) is 5. The van der Waals surface area contributed by atoms with E-state index in [1.165, 1.54) is 0 Å². The molecule has 1 aliphatic carbocycles. The second-order valence-electron chi connectivity index (χ2n) is 10.3. The number of allylic oxidation sites excluding steroid dienone is 4. The molecule has 0 aromatic heterocycles. The summed E-state index contributed by atoms with van der Waals surface area (Å²) in [5.74, 6) is -1.11. The molecule has 0 bridgehead atoms. The van der Waals surface area contributed by atoms with Crippen LogP contribution in [-0.2, 0) is 19.1 Å². The standard InChI is InChI=1S/C27H42O5/c1-10-21(28)32-27-20(12-11-15(2)3)25(30)22(19(13-16(4)5)14-17(6)7)26(31)23(27)24(29)18(8)9/h15-18,31H,10-14H2,1-9H3. The third-order valence-corrected chi connectivity index (χ3v) is 5.39. The monoisotopic (exact) mass is 446 g/mol. The van der Waals surface area contributed by atoms with E-state index in [4.69, 9.17) is 4.74 Å². The lowest BCUT2D eigenvalue weighted by Crippen LogP contribution is -2.28. The second kappa shape index (κ2) is 12.2. The molecule has 0 saturated heterocycles. The van der Waals surface area contributed by atoms with Gasteiger partial charge < -0.3 is 9.84 Å². The van der Waals surface area contributed by atoms with E-state index in [0.29, 0.717) is 37.2 Å². The predicted octanol–water partition coefficient (Wildman–Crippen LogP) is 6.64. The SMILES string of the molecule is CCC(=O)OC1=C(CCC(C)C)C(=O)C(=C(CC(C)C)CC(C)C)C(O)=C1C(=O)C(C)C. The van der Waals surface area contributed by atoms with E-state index in [0.717, 1.165) is 5.57 Å². The second-order valence-corrected chi connectivity index (χ2v) is 10.3. The highest BCUT2D eigenvalue weighted by Gasteiger charge is 2.39. The maximum absolute atomic E-state index is 13.8. The minimum atomic E-state index is -0.534. The molecule has 5 nitrogen and oxygen atoms in total. The Morgan fingerprint density at radius 3 is 1.84 bits per heavy atom. The number of aliphatic hydroxyl groups is 1. The van der Waals surface area contributed by atoms with Gasteiger partial charge in [0.15, 0.2) is 17.3 Å². The smallest absolute Gasteiger partial charge is 0.310 e. The Bertz CT molecular complexity index is 807. The number of rotatable bonds is 11. The molecule has 0 unspecified atom stereocenters. The molecule has 0 aliphatic heterocycles. The van der Waals surface area contributed by atoms with Gasteiger partial charge in [-0.15, -0.1) is 0 Å². The van der Waals surface area contributed by atoms with E-state index in [-0.39, 0.29) is 52.5 Å². The first-order valence-electron chi connectivity index (χ1n) is 12.0. The van der Waals surface area contributed by atoms with Gasteiger partial charge >= 0.3 is 5.97 Å². The Labute approximate surface area is 194 Å². The molecule has 1 N–H and O–H groups in total. The zero-order chi connectivity index (χ0) is 24.7. The van der Waals surface area contributed by atoms with Crippen molar-refractivity contribution in [1.82, 2.24) is 0 Å². The van der Waals surface area contributed by atoms with Gasteiger partial charge in [-0.05, 0) is 43.4 Å². The summed E-state index contributed by atoms with van der Waals surface area (Å²) in [6.45, 7) is 17.5. The zero-order valence-corrected chi connectivity index (χ0v) is 21.4. The molecule has 0 saturated carbocycles. The van der Waals surface area contributed by atoms with Crippen LogP contribution >= 0.6 is 0 Å². The number of carbonyl (C=O) groups is 3. The first-order chi connectivity index (χ1) is 14.8. The third kappa shape index (κ3) is 7.18. The Hall–Kier alpha value is -2.17. The number of hydrogen-bond donors (Lipinski definition) is 1. The lowest BCUT2D eigenvalue weighted by molar-refractivity contribution is -0.139. The molecule has 0 fully saturated rings. The lowest BCUT2D eigenvalue weighted by Gasteiger charge is -2.27. The topological polar surface area (TPSA) is 80.7 Å². The molecular formula is C27H42O5. The molecule has 0 aromatic rings. The Balaban J connectivity index is 3.95. The van der Waals surface area contributed by atoms with Gasteiger partial charge in [-0.1, -0.05) is 67.9 Å². The fourth-order valence-electron chi connectivity index (χ4n) is 3.82. The number of ketones is 2. The van der Waals surface area contributed by atoms with Gasteiger partial charge in [0.25, 0.3) is 0 Å². The zero-order valence-electron chi connectivity index (χ0n) is 21.4. The highest BCUT2D eigenvalue weighted by molar-refractivity contribution is 6.18. The van der Waals surface area contributed by atoms with Gasteiger partial charge in [0.05, 0.1) is 5.57 Å². The van der Waals surface area contributed by atoms with Crippen molar-refractivity contribution in [1.29, 1.82) is 0 Å². The van der Waals surface area contributed by atoms with Crippen LogP contribution in [0.15, 0.2) is 33.8 Å². The average Bonchev–Trinajstić information content (AvgIpc) is 2.65. The van der Waals surface area contributed by atoms with Crippen LogP contribution in [0.4, 0.5) is 0 Å². The molecule has 1 rings (SSSR count). The number of aliphatic hydroxyl groups excluding tert-OH is 1. The average molecular weight is 447 g/mol. The Kier molecular flexibility index (Phi) is 10.6. The van der Waals surface area contributed by atoms with Crippen molar-refractivity contribution in [2.75, 3.05) is 0 Å². The summed E-state index contributed by atoms with van der Waals surface area (Å²) in [7, 11) is 0. The molecule has 0 atom stereocenters. The van der Waals surface area contributed by atoms with Crippen LogP contribution in [0, 0.1) is 23.7 Å². The van der Waals surface area contributed by atoms with Crippen molar-refractivity contribution in [3.8, 4) is 0 Å². The summed E-state index contributed by atoms with van der Waals surface area (Å²) in [6, 6.07) is 0. The van der Waals surface area contributed by atoms with Gasteiger partial charge in [-0.3, -0.25) is 14.4 Å². The molecule has 0 aromatic carbocycles. The first-order valence-corrected chi connectivity index (χ1v) is 12.0. The van der Waals surface area contributed by atoms with Crippen LogP contribution in [0.1, 0.15) is 94.4 Å². The fourth-order valence-corrected chi connectivity index (χ4v) is 3.82. The van der Waals surface area contributed by atoms with Crippen molar-refractivity contribution in [3.63, 3.8) is 0 Å². The Morgan fingerprint density at radius 2 is 1.44 bits per heavy atom. The van der Waals surface area contributed by atoms with Crippen molar-refractivity contribution < 1.29 is 24.2 Å². The van der Waals surface area contributed by atoms with Gasteiger partial charge in [0.2, 0.25) is 0 Å². The quantitative estimate of drug-likeness (QED) is 0.284. The molecule has 0 radical (unpaired) electrons. The number of carbonyl (C=O) groups excluding carboxylic acids is 3. The summed E-state index contributed by atoms with van der Waals surface area (Å²) in [6.07, 6.45) is 2.48. The summed E-state index contributed by atoms with van der Waals surface area (Å²) < 4.78 is 5.56. The van der Waals surface area contributed by atoms with Gasteiger partial charge in [-0.25, -0.2) is 0 Å². The van der Waals surface area contributed by atoms with Crippen molar-refractivity contribution in [3.05, 3.63) is 33.8 Å². The van der Waals surface area contributed by atoms with Gasteiger partial charge in [0.1, 0.15) is 11.3 Å². The van der Waals surface area contributed by atoms with Crippen LogP contribution in [-0.4, -0.2) is 22.6 Å². The molecular weight excluding hydrogens is 404 g/mol. The molecule has 1 aliphatic rings. The summed E-state index contributed by atoms with van der Waals surface area (Å²) >= 11 is 0. The number of Topliss-reactive ketones (excluding diaryl/α,β-unsaturated/α-hetero) is 2. The normalized spacial score (nSPS) is 15.0. The van der Waals surface area contributed by atoms with E-state index in [1.807, 2.05) is 0 Å². The highest BCUT2D eigenvalue weighted by atomic mass is 16.5. The largest absolute Gasteiger partial charge is 0.506 e. The van der Waals surface area contributed by atoms with Crippen LogP contribution in [0.3, 0.4) is 0 Å². The van der Waals surface area contributed by atoms with Crippen LogP contribution in [0.5, 0.6) is 0 Å². The molecule has 5 heteroatoms. The molecule has 32 heavy (non-hydrogen) atoms. The van der Waals surface area contributed by atoms with E-state index in [2.05, 4.69) is 41.5 Å². The van der Waals surface area contributed by atoms with E-state index in [1.54, 1.807) is 20.8 Å². The summed E-state index contributed by atoms with van der Waals surface area (Å²) in [5, 5.41) is 11.3. The van der Waals surface area contributed by atoms with Crippen LogP contribution < -0.4 is 0 Å².